The van der Waals surface area contributed by atoms with Gasteiger partial charge in [-0.15, -0.1) is 0 Å². The second kappa shape index (κ2) is 7.78. The molecule has 0 radical (unpaired) electrons. The summed E-state index contributed by atoms with van der Waals surface area (Å²) >= 11 is 0. The average molecular weight is 302 g/mol. The predicted molar refractivity (Wildman–Crippen MR) is 80.7 cm³/mol. The number of halogens is 1. The van der Waals surface area contributed by atoms with Gasteiger partial charge in [-0.2, -0.15) is 5.10 Å². The zero-order valence-electron chi connectivity index (χ0n) is 12.0. The summed E-state index contributed by atoms with van der Waals surface area (Å²) in [7, 11) is 0. The molecule has 2 aromatic rings. The number of para-hydroxylation sites is 1. The number of nitrogens with one attached hydrogen (secondary N) is 1. The van der Waals surface area contributed by atoms with E-state index in [1.54, 1.807) is 31.2 Å². The molecule has 6 heteroatoms. The van der Waals surface area contributed by atoms with Gasteiger partial charge >= 0.3 is 6.09 Å². The number of benzene rings is 2. The smallest absolute Gasteiger partial charge is 0.427 e. The second-order valence-corrected chi connectivity index (χ2v) is 4.20. The molecule has 2 rings (SSSR count). The second-order valence-electron chi connectivity index (χ2n) is 4.20. The summed E-state index contributed by atoms with van der Waals surface area (Å²) in [5.74, 6) is 0.116. The number of rotatable bonds is 5. The quantitative estimate of drug-likeness (QED) is 0.676. The molecule has 0 fully saturated rings. The van der Waals surface area contributed by atoms with Crippen molar-refractivity contribution in [1.82, 2.24) is 5.43 Å². The number of hydrazone groups is 1. The third-order valence-electron chi connectivity index (χ3n) is 2.57. The number of hydrogen-bond acceptors (Lipinski definition) is 4. The Balaban J connectivity index is 2.06. The molecule has 0 spiro atoms. The number of carbonyl (C=O) groups excluding carboxylic acids is 1. The lowest BCUT2D eigenvalue weighted by molar-refractivity contribution is 0.152. The summed E-state index contributed by atoms with van der Waals surface area (Å²) in [5, 5.41) is 3.71. The lowest BCUT2D eigenvalue weighted by atomic mass is 10.2. The molecular weight excluding hydrogens is 287 g/mol. The van der Waals surface area contributed by atoms with Crippen molar-refractivity contribution in [3.8, 4) is 11.5 Å². The highest BCUT2D eigenvalue weighted by Gasteiger charge is 2.05. The minimum absolute atomic E-state index is 0.0753. The predicted octanol–water partition coefficient (Wildman–Crippen LogP) is 3.70. The number of nitrogens with zero attached hydrogens (tertiary/aromatic N) is 1. The van der Waals surface area contributed by atoms with E-state index in [-0.39, 0.29) is 12.4 Å². The number of carbonyl (C=O) groups is 1. The van der Waals surface area contributed by atoms with Gasteiger partial charge in [-0.05, 0) is 36.8 Å². The lowest BCUT2D eigenvalue weighted by Crippen LogP contribution is -2.18. The average Bonchev–Trinajstić information content (AvgIpc) is 2.52. The van der Waals surface area contributed by atoms with Gasteiger partial charge in [0, 0.05) is 0 Å². The summed E-state index contributed by atoms with van der Waals surface area (Å²) in [6.45, 7) is 1.95. The van der Waals surface area contributed by atoms with E-state index in [4.69, 9.17) is 4.74 Å². The maximum Gasteiger partial charge on any atom is 0.427 e. The van der Waals surface area contributed by atoms with Crippen LogP contribution in [0.15, 0.2) is 53.6 Å². The Labute approximate surface area is 127 Å². The van der Waals surface area contributed by atoms with E-state index in [0.29, 0.717) is 11.3 Å². The van der Waals surface area contributed by atoms with Gasteiger partial charge in [-0.3, -0.25) is 0 Å². The fourth-order valence-corrected chi connectivity index (χ4v) is 1.62. The van der Waals surface area contributed by atoms with E-state index in [0.717, 1.165) is 0 Å². The van der Waals surface area contributed by atoms with Crippen LogP contribution in [0.2, 0.25) is 0 Å². The minimum atomic E-state index is -0.651. The third kappa shape index (κ3) is 4.59. The molecule has 1 amide bonds. The van der Waals surface area contributed by atoms with Crippen LogP contribution in [0.4, 0.5) is 9.18 Å². The van der Waals surface area contributed by atoms with Crippen molar-refractivity contribution in [2.24, 2.45) is 5.10 Å². The van der Waals surface area contributed by atoms with Crippen molar-refractivity contribution in [2.75, 3.05) is 6.61 Å². The molecule has 2 aromatic carbocycles. The van der Waals surface area contributed by atoms with Crippen LogP contribution in [0.5, 0.6) is 11.5 Å². The van der Waals surface area contributed by atoms with Gasteiger partial charge in [0.25, 0.3) is 0 Å². The number of amides is 1. The first-order valence-corrected chi connectivity index (χ1v) is 6.67. The van der Waals surface area contributed by atoms with Crippen molar-refractivity contribution < 1.29 is 18.7 Å². The fraction of sp³-hybridized carbons (Fsp3) is 0.125. The lowest BCUT2D eigenvalue weighted by Gasteiger charge is -2.07. The Bertz CT molecular complexity index is 660. The summed E-state index contributed by atoms with van der Waals surface area (Å²) < 4.78 is 23.9. The van der Waals surface area contributed by atoms with Crippen LogP contribution >= 0.6 is 0 Å². The zero-order chi connectivity index (χ0) is 15.8. The van der Waals surface area contributed by atoms with Crippen molar-refractivity contribution in [2.45, 2.75) is 6.92 Å². The van der Waals surface area contributed by atoms with E-state index in [1.165, 1.54) is 24.4 Å². The fourth-order valence-electron chi connectivity index (χ4n) is 1.62. The van der Waals surface area contributed by atoms with Gasteiger partial charge < -0.3 is 9.47 Å². The van der Waals surface area contributed by atoms with Crippen LogP contribution in [0.25, 0.3) is 0 Å². The molecule has 1 N–H and O–H groups in total. The van der Waals surface area contributed by atoms with E-state index < -0.39 is 11.9 Å². The molecule has 0 aliphatic carbocycles. The van der Waals surface area contributed by atoms with Gasteiger partial charge in [-0.25, -0.2) is 14.6 Å². The molecule has 0 atom stereocenters. The van der Waals surface area contributed by atoms with Crippen molar-refractivity contribution in [3.63, 3.8) is 0 Å². The van der Waals surface area contributed by atoms with Crippen molar-refractivity contribution in [1.29, 1.82) is 0 Å². The molecule has 22 heavy (non-hydrogen) atoms. The Morgan fingerprint density at radius 1 is 1.27 bits per heavy atom. The highest BCUT2D eigenvalue weighted by atomic mass is 19.1. The van der Waals surface area contributed by atoms with Crippen LogP contribution in [-0.2, 0) is 4.74 Å². The minimum Gasteiger partial charge on any atom is -0.454 e. The molecule has 0 heterocycles. The molecular formula is C16H15FN2O3. The van der Waals surface area contributed by atoms with Gasteiger partial charge in [0.2, 0.25) is 0 Å². The first kappa shape index (κ1) is 15.5. The maximum atomic E-state index is 13.7. The van der Waals surface area contributed by atoms with Crippen molar-refractivity contribution >= 4 is 12.3 Å². The van der Waals surface area contributed by atoms with Crippen LogP contribution < -0.4 is 10.2 Å². The van der Waals surface area contributed by atoms with Gasteiger partial charge in [0.1, 0.15) is 5.75 Å². The summed E-state index contributed by atoms with van der Waals surface area (Å²) in [6.07, 6.45) is 0.718. The molecule has 0 saturated carbocycles. The summed E-state index contributed by atoms with van der Waals surface area (Å²) in [4.78, 5) is 11.1. The van der Waals surface area contributed by atoms with E-state index >= 15 is 0 Å². The van der Waals surface area contributed by atoms with E-state index in [2.05, 4.69) is 15.3 Å². The Kier molecular flexibility index (Phi) is 5.48. The first-order chi connectivity index (χ1) is 10.7. The molecule has 0 aromatic heterocycles. The van der Waals surface area contributed by atoms with Crippen molar-refractivity contribution in [3.05, 3.63) is 59.9 Å². The molecule has 0 saturated heterocycles. The molecule has 0 bridgehead atoms. The van der Waals surface area contributed by atoms with Crippen LogP contribution in [-0.4, -0.2) is 18.9 Å². The zero-order valence-corrected chi connectivity index (χ0v) is 12.0. The highest BCUT2D eigenvalue weighted by molar-refractivity contribution is 5.81. The van der Waals surface area contributed by atoms with Gasteiger partial charge in [0.05, 0.1) is 12.8 Å². The third-order valence-corrected chi connectivity index (χ3v) is 2.57. The number of hydrogen-bond donors (Lipinski definition) is 1. The SMILES string of the molecule is CCOC(=O)N/N=C\c1ccc(F)c(Oc2ccccc2)c1. The van der Waals surface area contributed by atoms with E-state index in [1.807, 2.05) is 6.07 Å². The first-order valence-electron chi connectivity index (χ1n) is 6.67. The molecule has 0 aliphatic heterocycles. The Morgan fingerprint density at radius 2 is 2.05 bits per heavy atom. The molecule has 0 aliphatic rings. The molecule has 5 nitrogen and oxygen atoms in total. The number of ether oxygens (including phenoxy) is 2. The Morgan fingerprint density at radius 3 is 2.77 bits per heavy atom. The maximum absolute atomic E-state index is 13.7. The van der Waals surface area contributed by atoms with E-state index in [9.17, 15) is 9.18 Å². The molecule has 114 valence electrons. The Hall–Kier alpha value is -2.89. The topological polar surface area (TPSA) is 59.9 Å². The molecule has 0 unspecified atom stereocenters. The van der Waals surface area contributed by atoms with Crippen LogP contribution in [0.1, 0.15) is 12.5 Å². The van der Waals surface area contributed by atoms with Gasteiger partial charge in [-0.1, -0.05) is 24.3 Å². The standard InChI is InChI=1S/C16H15FN2O3/c1-2-21-16(20)19-18-11-12-8-9-14(17)15(10-12)22-13-6-4-3-5-7-13/h3-11H,2H2,1H3,(H,19,20)/b18-11-. The van der Waals surface area contributed by atoms with Crippen LogP contribution in [0.3, 0.4) is 0 Å². The van der Waals surface area contributed by atoms with Gasteiger partial charge in [0.15, 0.2) is 11.6 Å². The highest BCUT2D eigenvalue weighted by Crippen LogP contribution is 2.24. The normalized spacial score (nSPS) is 10.5. The summed E-state index contributed by atoms with van der Waals surface area (Å²) in [5.41, 5.74) is 2.76. The largest absolute Gasteiger partial charge is 0.454 e. The van der Waals surface area contributed by atoms with Crippen LogP contribution in [0, 0.1) is 5.82 Å². The summed E-state index contributed by atoms with van der Waals surface area (Å²) in [6, 6.07) is 13.1. The monoisotopic (exact) mass is 302 g/mol.